The average molecular weight is 308 g/mol. The van der Waals surface area contributed by atoms with E-state index in [4.69, 9.17) is 16.3 Å². The molecule has 1 aliphatic carbocycles. The Balaban J connectivity index is 1.68. The van der Waals surface area contributed by atoms with Crippen molar-refractivity contribution in [2.75, 3.05) is 19.7 Å². The van der Waals surface area contributed by atoms with Gasteiger partial charge in [0.2, 0.25) is 0 Å². The van der Waals surface area contributed by atoms with Crippen LogP contribution in [0, 0.1) is 5.92 Å². The molecule has 1 saturated carbocycles. The molecule has 116 valence electrons. The van der Waals surface area contributed by atoms with Gasteiger partial charge in [-0.2, -0.15) is 0 Å². The van der Waals surface area contributed by atoms with Gasteiger partial charge in [0, 0.05) is 17.5 Å². The van der Waals surface area contributed by atoms with E-state index in [0.29, 0.717) is 11.8 Å². The summed E-state index contributed by atoms with van der Waals surface area (Å²) in [4.78, 5) is 0. The summed E-state index contributed by atoms with van der Waals surface area (Å²) >= 11 is 6.22. The van der Waals surface area contributed by atoms with Gasteiger partial charge in [0.1, 0.15) is 5.75 Å². The van der Waals surface area contributed by atoms with E-state index >= 15 is 0 Å². The molecule has 1 aromatic rings. The van der Waals surface area contributed by atoms with Gasteiger partial charge in [0.25, 0.3) is 0 Å². The third kappa shape index (κ3) is 4.14. The summed E-state index contributed by atoms with van der Waals surface area (Å²) in [6.07, 6.45) is 9.15. The normalized spacial score (nSPS) is 24.0. The standard InChI is InChI=1S/C18H26ClNO/c19-16-8-9-18(21-13-14-5-4-10-20-12-14)17(11-16)15-6-2-1-3-7-15/h8-9,11,14-15,20H,1-7,10,12-13H2. The van der Waals surface area contributed by atoms with Crippen LogP contribution < -0.4 is 10.1 Å². The van der Waals surface area contributed by atoms with Crippen molar-refractivity contribution in [3.8, 4) is 5.75 Å². The van der Waals surface area contributed by atoms with Crippen molar-refractivity contribution >= 4 is 11.6 Å². The molecule has 21 heavy (non-hydrogen) atoms. The molecule has 3 heteroatoms. The van der Waals surface area contributed by atoms with Crippen molar-refractivity contribution in [3.05, 3.63) is 28.8 Å². The van der Waals surface area contributed by atoms with Gasteiger partial charge in [-0.3, -0.25) is 0 Å². The highest BCUT2D eigenvalue weighted by atomic mass is 35.5. The summed E-state index contributed by atoms with van der Waals surface area (Å²) in [7, 11) is 0. The molecule has 1 aliphatic heterocycles. The number of piperidine rings is 1. The predicted octanol–water partition coefficient (Wildman–Crippen LogP) is 4.77. The molecule has 0 aromatic heterocycles. The highest BCUT2D eigenvalue weighted by Crippen LogP contribution is 2.38. The lowest BCUT2D eigenvalue weighted by molar-refractivity contribution is 0.215. The van der Waals surface area contributed by atoms with Gasteiger partial charge in [-0.15, -0.1) is 0 Å². The fourth-order valence-corrected chi connectivity index (χ4v) is 3.84. The predicted molar refractivity (Wildman–Crippen MR) is 88.4 cm³/mol. The van der Waals surface area contributed by atoms with E-state index in [9.17, 15) is 0 Å². The summed E-state index contributed by atoms with van der Waals surface area (Å²) in [5, 5.41) is 4.29. The van der Waals surface area contributed by atoms with Crippen LogP contribution in [0.5, 0.6) is 5.75 Å². The largest absolute Gasteiger partial charge is 0.493 e. The van der Waals surface area contributed by atoms with Crippen LogP contribution in [0.4, 0.5) is 0 Å². The van der Waals surface area contributed by atoms with Crippen molar-refractivity contribution in [1.82, 2.24) is 5.32 Å². The molecule has 0 bridgehead atoms. The number of halogens is 1. The Kier molecular flexibility index (Phi) is 5.43. The lowest BCUT2D eigenvalue weighted by Gasteiger charge is -2.26. The lowest BCUT2D eigenvalue weighted by atomic mass is 9.83. The first-order valence-electron chi connectivity index (χ1n) is 8.46. The fourth-order valence-electron chi connectivity index (χ4n) is 3.66. The Hall–Kier alpha value is -0.730. The molecule has 0 spiro atoms. The second-order valence-electron chi connectivity index (χ2n) is 6.54. The monoisotopic (exact) mass is 307 g/mol. The molecule has 1 saturated heterocycles. The van der Waals surface area contributed by atoms with Crippen LogP contribution in [-0.4, -0.2) is 19.7 Å². The second kappa shape index (κ2) is 7.51. The Morgan fingerprint density at radius 2 is 1.95 bits per heavy atom. The van der Waals surface area contributed by atoms with Gasteiger partial charge < -0.3 is 10.1 Å². The molecule has 1 unspecified atom stereocenters. The van der Waals surface area contributed by atoms with E-state index in [0.717, 1.165) is 30.5 Å². The van der Waals surface area contributed by atoms with Gasteiger partial charge in [0.05, 0.1) is 6.61 Å². The minimum Gasteiger partial charge on any atom is -0.493 e. The molecule has 1 N–H and O–H groups in total. The third-order valence-corrected chi connectivity index (χ3v) is 5.13. The summed E-state index contributed by atoms with van der Waals surface area (Å²) in [6, 6.07) is 6.16. The van der Waals surface area contributed by atoms with E-state index in [-0.39, 0.29) is 0 Å². The lowest BCUT2D eigenvalue weighted by Crippen LogP contribution is -2.33. The van der Waals surface area contributed by atoms with Crippen molar-refractivity contribution in [3.63, 3.8) is 0 Å². The molecular formula is C18H26ClNO. The van der Waals surface area contributed by atoms with E-state index < -0.39 is 0 Å². The zero-order valence-corrected chi connectivity index (χ0v) is 13.5. The molecule has 2 fully saturated rings. The minimum atomic E-state index is 0.636. The summed E-state index contributed by atoms with van der Waals surface area (Å²) < 4.78 is 6.19. The van der Waals surface area contributed by atoms with E-state index in [1.165, 1.54) is 50.5 Å². The summed E-state index contributed by atoms with van der Waals surface area (Å²) in [5.41, 5.74) is 1.34. The molecule has 0 radical (unpaired) electrons. The zero-order chi connectivity index (χ0) is 14.5. The molecule has 3 rings (SSSR count). The molecule has 1 aromatic carbocycles. The van der Waals surface area contributed by atoms with Crippen molar-refractivity contribution in [1.29, 1.82) is 0 Å². The number of benzene rings is 1. The molecule has 2 nitrogen and oxygen atoms in total. The van der Waals surface area contributed by atoms with E-state index in [1.807, 2.05) is 6.07 Å². The first-order chi connectivity index (χ1) is 10.3. The highest BCUT2D eigenvalue weighted by Gasteiger charge is 2.21. The Bertz CT molecular complexity index is 451. The number of rotatable bonds is 4. The van der Waals surface area contributed by atoms with Gasteiger partial charge in [0.15, 0.2) is 0 Å². The van der Waals surface area contributed by atoms with Crippen molar-refractivity contribution < 1.29 is 4.74 Å². The number of nitrogens with one attached hydrogen (secondary N) is 1. The van der Waals surface area contributed by atoms with Gasteiger partial charge >= 0.3 is 0 Å². The summed E-state index contributed by atoms with van der Waals surface area (Å²) in [6.45, 7) is 3.07. The van der Waals surface area contributed by atoms with Crippen LogP contribution in [0.3, 0.4) is 0 Å². The van der Waals surface area contributed by atoms with Gasteiger partial charge in [-0.05, 0) is 61.9 Å². The van der Waals surface area contributed by atoms with E-state index in [2.05, 4.69) is 17.4 Å². The Labute approximate surface area is 133 Å². The average Bonchev–Trinajstić information content (AvgIpc) is 2.55. The maximum absolute atomic E-state index is 6.22. The van der Waals surface area contributed by atoms with Gasteiger partial charge in [-0.25, -0.2) is 0 Å². The zero-order valence-electron chi connectivity index (χ0n) is 12.7. The smallest absolute Gasteiger partial charge is 0.122 e. The minimum absolute atomic E-state index is 0.636. The molecular weight excluding hydrogens is 282 g/mol. The van der Waals surface area contributed by atoms with Crippen LogP contribution in [-0.2, 0) is 0 Å². The maximum Gasteiger partial charge on any atom is 0.122 e. The molecule has 1 atom stereocenters. The SMILES string of the molecule is Clc1ccc(OCC2CCCNC2)c(C2CCCCC2)c1. The first kappa shape index (κ1) is 15.2. The van der Waals surface area contributed by atoms with Crippen molar-refractivity contribution in [2.24, 2.45) is 5.92 Å². The van der Waals surface area contributed by atoms with Crippen LogP contribution in [0.1, 0.15) is 56.4 Å². The van der Waals surface area contributed by atoms with Crippen LogP contribution in [0.2, 0.25) is 5.02 Å². The highest BCUT2D eigenvalue weighted by molar-refractivity contribution is 6.30. The summed E-state index contributed by atoms with van der Waals surface area (Å²) in [5.74, 6) is 2.35. The molecule has 0 amide bonds. The van der Waals surface area contributed by atoms with Crippen LogP contribution >= 0.6 is 11.6 Å². The first-order valence-corrected chi connectivity index (χ1v) is 8.83. The third-order valence-electron chi connectivity index (χ3n) is 4.89. The maximum atomic E-state index is 6.22. The Morgan fingerprint density at radius 1 is 1.10 bits per heavy atom. The molecule has 2 aliphatic rings. The fraction of sp³-hybridized carbons (Fsp3) is 0.667. The number of hydrogen-bond acceptors (Lipinski definition) is 2. The van der Waals surface area contributed by atoms with Gasteiger partial charge in [-0.1, -0.05) is 30.9 Å². The van der Waals surface area contributed by atoms with E-state index in [1.54, 1.807) is 0 Å². The van der Waals surface area contributed by atoms with Crippen molar-refractivity contribution in [2.45, 2.75) is 50.9 Å². The number of ether oxygens (including phenoxy) is 1. The van der Waals surface area contributed by atoms with Crippen LogP contribution in [0.15, 0.2) is 18.2 Å². The molecule has 1 heterocycles. The quantitative estimate of drug-likeness (QED) is 0.865. The number of hydrogen-bond donors (Lipinski definition) is 1. The van der Waals surface area contributed by atoms with Crippen LogP contribution in [0.25, 0.3) is 0 Å². The second-order valence-corrected chi connectivity index (χ2v) is 6.98. The Morgan fingerprint density at radius 3 is 2.71 bits per heavy atom. The topological polar surface area (TPSA) is 21.3 Å².